The SMILES string of the molecule is COc1c([N+](=O)[O-])cc([N+](=O)[O-])c(C=O)c1OS(=O)(=O)c1cccc([N+](=O)[O-])c1. The Balaban J connectivity index is 2.77. The van der Waals surface area contributed by atoms with E-state index in [9.17, 15) is 43.6 Å². The maximum atomic E-state index is 12.5. The molecule has 0 aliphatic rings. The van der Waals surface area contributed by atoms with Crippen molar-refractivity contribution in [2.24, 2.45) is 0 Å². The molecule has 2 aromatic rings. The van der Waals surface area contributed by atoms with E-state index in [1.165, 1.54) is 0 Å². The van der Waals surface area contributed by atoms with Crippen molar-refractivity contribution in [1.82, 2.24) is 0 Å². The van der Waals surface area contributed by atoms with Gasteiger partial charge in [0.2, 0.25) is 11.5 Å². The molecule has 2 aromatic carbocycles. The van der Waals surface area contributed by atoms with E-state index in [-0.39, 0.29) is 6.29 Å². The van der Waals surface area contributed by atoms with E-state index in [2.05, 4.69) is 0 Å². The van der Waals surface area contributed by atoms with Crippen LogP contribution in [-0.2, 0) is 10.1 Å². The first-order valence-corrected chi connectivity index (χ1v) is 8.62. The second-order valence-corrected chi connectivity index (χ2v) is 6.66. The molecule has 0 fully saturated rings. The number of methoxy groups -OCH3 is 1. The minimum Gasteiger partial charge on any atom is -0.487 e. The third-order valence-electron chi connectivity index (χ3n) is 3.46. The Bertz CT molecular complexity index is 1140. The van der Waals surface area contributed by atoms with Crippen LogP contribution in [0.5, 0.6) is 11.5 Å². The first-order chi connectivity index (χ1) is 13.5. The molecule has 0 aromatic heterocycles. The highest BCUT2D eigenvalue weighted by Gasteiger charge is 2.35. The van der Waals surface area contributed by atoms with Crippen molar-refractivity contribution in [1.29, 1.82) is 0 Å². The summed E-state index contributed by atoms with van der Waals surface area (Å²) in [6, 6.07) is 3.99. The smallest absolute Gasteiger partial charge is 0.339 e. The van der Waals surface area contributed by atoms with Gasteiger partial charge in [-0.05, 0) is 6.07 Å². The van der Waals surface area contributed by atoms with Crippen LogP contribution in [0.25, 0.3) is 0 Å². The van der Waals surface area contributed by atoms with Gasteiger partial charge in [0.1, 0.15) is 10.5 Å². The molecule has 0 heterocycles. The number of non-ortho nitro benzene ring substituents is 1. The highest BCUT2D eigenvalue weighted by Crippen LogP contribution is 2.45. The summed E-state index contributed by atoms with van der Waals surface area (Å²) in [7, 11) is -4.02. The molecule has 0 bridgehead atoms. The number of hydrogen-bond donors (Lipinski definition) is 0. The van der Waals surface area contributed by atoms with Crippen molar-refractivity contribution in [3.05, 3.63) is 66.2 Å². The number of carbonyl (C=O) groups excluding carboxylic acids is 1. The van der Waals surface area contributed by atoms with Crippen LogP contribution in [0.15, 0.2) is 35.2 Å². The third-order valence-corrected chi connectivity index (χ3v) is 4.68. The zero-order valence-corrected chi connectivity index (χ0v) is 15.0. The molecule has 29 heavy (non-hydrogen) atoms. The Hall–Kier alpha value is -4.14. The van der Waals surface area contributed by atoms with Gasteiger partial charge in [-0.3, -0.25) is 35.1 Å². The second-order valence-electron chi connectivity index (χ2n) is 5.11. The molecule has 0 N–H and O–H groups in total. The van der Waals surface area contributed by atoms with Gasteiger partial charge in [-0.15, -0.1) is 0 Å². The summed E-state index contributed by atoms with van der Waals surface area (Å²) in [5.41, 5.74) is -3.68. The Morgan fingerprint density at radius 1 is 0.931 bits per heavy atom. The predicted octanol–water partition coefficient (Wildman–Crippen LogP) is 2.00. The summed E-state index contributed by atoms with van der Waals surface area (Å²) in [6.07, 6.45) is -0.136. The number of ether oxygens (including phenoxy) is 1. The van der Waals surface area contributed by atoms with Crippen molar-refractivity contribution in [2.75, 3.05) is 7.11 Å². The van der Waals surface area contributed by atoms with Crippen molar-refractivity contribution < 1.29 is 36.9 Å². The first kappa shape index (κ1) is 21.2. The number of carbonyl (C=O) groups is 1. The topological polar surface area (TPSA) is 199 Å². The average Bonchev–Trinajstić information content (AvgIpc) is 2.66. The van der Waals surface area contributed by atoms with Crippen LogP contribution >= 0.6 is 0 Å². The van der Waals surface area contributed by atoms with E-state index in [1.54, 1.807) is 0 Å². The third kappa shape index (κ3) is 4.08. The van der Waals surface area contributed by atoms with Gasteiger partial charge in [0, 0.05) is 12.1 Å². The van der Waals surface area contributed by atoms with E-state index < -0.39 is 63.9 Å². The van der Waals surface area contributed by atoms with E-state index in [1.807, 2.05) is 0 Å². The molecule has 152 valence electrons. The quantitative estimate of drug-likeness (QED) is 0.258. The standard InChI is InChI=1S/C14H9N3O11S/c1-27-14-12(17(23)24)6-11(16(21)22)10(7-18)13(14)28-29(25,26)9-4-2-3-8(5-9)15(19)20/h2-7H,1H3. The van der Waals surface area contributed by atoms with Crippen LogP contribution in [0.2, 0.25) is 0 Å². The van der Waals surface area contributed by atoms with Gasteiger partial charge in [0.25, 0.3) is 11.4 Å². The summed E-state index contributed by atoms with van der Waals surface area (Å²) in [5.74, 6) is -1.97. The summed E-state index contributed by atoms with van der Waals surface area (Å²) in [6.45, 7) is 0. The maximum Gasteiger partial charge on any atom is 0.339 e. The lowest BCUT2D eigenvalue weighted by molar-refractivity contribution is -0.394. The van der Waals surface area contributed by atoms with Crippen LogP contribution in [-0.4, -0.2) is 36.6 Å². The van der Waals surface area contributed by atoms with E-state index in [0.717, 1.165) is 25.3 Å². The number of hydrogen-bond acceptors (Lipinski definition) is 11. The van der Waals surface area contributed by atoms with Crippen LogP contribution in [0.1, 0.15) is 10.4 Å². The lowest BCUT2D eigenvalue weighted by Crippen LogP contribution is -2.13. The van der Waals surface area contributed by atoms with E-state index >= 15 is 0 Å². The molecular weight excluding hydrogens is 418 g/mol. The number of nitrogens with zero attached hydrogens (tertiary/aromatic N) is 3. The van der Waals surface area contributed by atoms with Crippen molar-refractivity contribution in [2.45, 2.75) is 4.90 Å². The molecule has 0 spiro atoms. The lowest BCUT2D eigenvalue weighted by Gasteiger charge is -2.13. The fourth-order valence-corrected chi connectivity index (χ4v) is 3.21. The average molecular weight is 427 g/mol. The summed E-state index contributed by atoms with van der Waals surface area (Å²) < 4.78 is 34.5. The molecule has 2 rings (SSSR count). The second kappa shape index (κ2) is 7.85. The Morgan fingerprint density at radius 2 is 1.55 bits per heavy atom. The predicted molar refractivity (Wildman–Crippen MR) is 92.6 cm³/mol. The molecule has 0 unspecified atom stereocenters. The van der Waals surface area contributed by atoms with Crippen molar-refractivity contribution in [3.8, 4) is 11.5 Å². The Morgan fingerprint density at radius 3 is 2.03 bits per heavy atom. The van der Waals surface area contributed by atoms with Gasteiger partial charge in [-0.1, -0.05) is 6.07 Å². The number of nitro benzene ring substituents is 3. The summed E-state index contributed by atoms with van der Waals surface area (Å²) in [5, 5.41) is 33.2. The molecule has 0 saturated heterocycles. The number of benzene rings is 2. The van der Waals surface area contributed by atoms with Gasteiger partial charge in [0.15, 0.2) is 6.29 Å². The fourth-order valence-electron chi connectivity index (χ4n) is 2.22. The van der Waals surface area contributed by atoms with Crippen LogP contribution in [0, 0.1) is 30.3 Å². The molecule has 0 amide bonds. The molecule has 0 radical (unpaired) electrons. The normalized spacial score (nSPS) is 10.8. The number of aldehydes is 1. The molecular formula is C14H9N3O11S. The Labute approximate surface area is 160 Å². The van der Waals surface area contributed by atoms with Gasteiger partial charge in [0.05, 0.1) is 27.9 Å². The van der Waals surface area contributed by atoms with E-state index in [4.69, 9.17) is 8.92 Å². The summed E-state index contributed by atoms with van der Waals surface area (Å²) in [4.78, 5) is 40.7. The molecule has 14 nitrogen and oxygen atoms in total. The van der Waals surface area contributed by atoms with Crippen molar-refractivity contribution >= 4 is 33.5 Å². The van der Waals surface area contributed by atoms with Crippen LogP contribution in [0.3, 0.4) is 0 Å². The van der Waals surface area contributed by atoms with E-state index in [0.29, 0.717) is 12.1 Å². The van der Waals surface area contributed by atoms with Crippen molar-refractivity contribution in [3.63, 3.8) is 0 Å². The van der Waals surface area contributed by atoms with Gasteiger partial charge < -0.3 is 8.92 Å². The monoisotopic (exact) mass is 427 g/mol. The number of nitro groups is 3. The van der Waals surface area contributed by atoms with Crippen LogP contribution < -0.4 is 8.92 Å². The highest BCUT2D eigenvalue weighted by atomic mass is 32.2. The first-order valence-electron chi connectivity index (χ1n) is 7.21. The molecule has 0 atom stereocenters. The maximum absolute atomic E-state index is 12.5. The zero-order valence-electron chi connectivity index (χ0n) is 14.2. The highest BCUT2D eigenvalue weighted by molar-refractivity contribution is 7.87. The molecule has 0 aliphatic heterocycles. The van der Waals surface area contributed by atoms with Gasteiger partial charge in [-0.25, -0.2) is 0 Å². The Kier molecular flexibility index (Phi) is 5.73. The number of rotatable bonds is 8. The van der Waals surface area contributed by atoms with Gasteiger partial charge >= 0.3 is 15.8 Å². The fraction of sp³-hybridized carbons (Fsp3) is 0.0714. The molecule has 0 saturated carbocycles. The largest absolute Gasteiger partial charge is 0.487 e. The van der Waals surface area contributed by atoms with Gasteiger partial charge in [-0.2, -0.15) is 8.42 Å². The minimum atomic E-state index is -4.91. The van der Waals surface area contributed by atoms with Crippen LogP contribution in [0.4, 0.5) is 17.1 Å². The minimum absolute atomic E-state index is 0.136. The summed E-state index contributed by atoms with van der Waals surface area (Å²) >= 11 is 0. The zero-order chi connectivity index (χ0) is 21.9. The lowest BCUT2D eigenvalue weighted by atomic mass is 10.1. The molecule has 15 heteroatoms. The molecule has 0 aliphatic carbocycles.